The molecule has 29 heavy (non-hydrogen) atoms. The summed E-state index contributed by atoms with van der Waals surface area (Å²) >= 11 is 0. The molecule has 0 aliphatic carbocycles. The molecule has 150 valence electrons. The second kappa shape index (κ2) is 8.10. The number of halogens is 1. The Morgan fingerprint density at radius 3 is 2.93 bits per heavy atom. The molecule has 0 radical (unpaired) electrons. The van der Waals surface area contributed by atoms with Gasteiger partial charge in [-0.15, -0.1) is 6.42 Å². The molecule has 1 N–H and O–H groups in total. The van der Waals surface area contributed by atoms with Gasteiger partial charge in [0.25, 0.3) is 0 Å². The van der Waals surface area contributed by atoms with Crippen LogP contribution in [0.4, 0.5) is 26.4 Å². The van der Waals surface area contributed by atoms with Crippen molar-refractivity contribution in [3.63, 3.8) is 0 Å². The molecule has 2 aliphatic rings. The van der Waals surface area contributed by atoms with Crippen LogP contribution >= 0.6 is 0 Å². The van der Waals surface area contributed by atoms with Gasteiger partial charge in [0.05, 0.1) is 37.6 Å². The number of benzene rings is 1. The van der Waals surface area contributed by atoms with Crippen molar-refractivity contribution in [2.24, 2.45) is 5.10 Å². The number of ether oxygens (including phenoxy) is 1. The largest absolute Gasteiger partial charge is 0.442 e. The molecule has 4 rings (SSSR count). The van der Waals surface area contributed by atoms with E-state index in [9.17, 15) is 9.18 Å². The SMILES string of the molecule is C#CCN1CCN(c2ccc(N3CC(CNc4ccon4)OC3=O)cc2F)C=N1. The number of hydrogen-bond acceptors (Lipinski definition) is 8. The van der Waals surface area contributed by atoms with Crippen LogP contribution < -0.4 is 15.1 Å². The number of terminal acetylenes is 1. The van der Waals surface area contributed by atoms with Crippen molar-refractivity contribution in [3.05, 3.63) is 36.3 Å². The van der Waals surface area contributed by atoms with Gasteiger partial charge >= 0.3 is 6.09 Å². The molecular formula is C19H19FN6O3. The van der Waals surface area contributed by atoms with Crippen molar-refractivity contribution in [2.45, 2.75) is 6.10 Å². The smallest absolute Gasteiger partial charge is 0.414 e. The zero-order valence-electron chi connectivity index (χ0n) is 15.5. The Balaban J connectivity index is 1.40. The molecular weight excluding hydrogens is 379 g/mol. The highest BCUT2D eigenvalue weighted by atomic mass is 19.1. The second-order valence-electron chi connectivity index (χ2n) is 6.53. The normalized spacial score (nSPS) is 18.7. The number of nitrogens with zero attached hydrogens (tertiary/aromatic N) is 5. The van der Waals surface area contributed by atoms with Gasteiger partial charge in [-0.05, 0) is 18.2 Å². The number of nitrogens with one attached hydrogen (secondary N) is 1. The van der Waals surface area contributed by atoms with Crippen LogP contribution in [0.25, 0.3) is 0 Å². The molecule has 0 spiro atoms. The van der Waals surface area contributed by atoms with E-state index in [2.05, 4.69) is 21.5 Å². The zero-order chi connectivity index (χ0) is 20.2. The van der Waals surface area contributed by atoms with Crippen LogP contribution in [0.15, 0.2) is 40.2 Å². The molecule has 0 bridgehead atoms. The van der Waals surface area contributed by atoms with E-state index in [-0.39, 0.29) is 0 Å². The average Bonchev–Trinajstić information content (AvgIpc) is 3.37. The number of anilines is 3. The summed E-state index contributed by atoms with van der Waals surface area (Å²) in [4.78, 5) is 15.3. The summed E-state index contributed by atoms with van der Waals surface area (Å²) in [6.07, 6.45) is 7.36. The summed E-state index contributed by atoms with van der Waals surface area (Å²) in [5.41, 5.74) is 0.817. The maximum absolute atomic E-state index is 14.7. The number of hydrogen-bond donors (Lipinski definition) is 1. The van der Waals surface area contributed by atoms with Gasteiger partial charge in [0.15, 0.2) is 5.82 Å². The van der Waals surface area contributed by atoms with Crippen LogP contribution in [0.5, 0.6) is 0 Å². The summed E-state index contributed by atoms with van der Waals surface area (Å²) in [5.74, 6) is 2.63. The van der Waals surface area contributed by atoms with Gasteiger partial charge in [-0.2, -0.15) is 5.10 Å². The van der Waals surface area contributed by atoms with E-state index in [1.807, 2.05) is 0 Å². The van der Waals surface area contributed by atoms with E-state index in [0.717, 1.165) is 0 Å². The highest BCUT2D eigenvalue weighted by molar-refractivity contribution is 5.90. The van der Waals surface area contributed by atoms with Crippen LogP contribution in [0.2, 0.25) is 0 Å². The summed E-state index contributed by atoms with van der Waals surface area (Å²) in [6, 6.07) is 6.31. The fraction of sp³-hybridized carbons (Fsp3) is 0.316. The molecule has 1 atom stereocenters. The van der Waals surface area contributed by atoms with Crippen molar-refractivity contribution in [2.75, 3.05) is 47.8 Å². The molecule has 1 amide bonds. The van der Waals surface area contributed by atoms with Crippen LogP contribution in [0.3, 0.4) is 0 Å². The predicted molar refractivity (Wildman–Crippen MR) is 105 cm³/mol. The minimum Gasteiger partial charge on any atom is -0.442 e. The van der Waals surface area contributed by atoms with Gasteiger partial charge in [0, 0.05) is 12.6 Å². The fourth-order valence-corrected chi connectivity index (χ4v) is 3.14. The summed E-state index contributed by atoms with van der Waals surface area (Å²) in [7, 11) is 0. The first-order valence-corrected chi connectivity index (χ1v) is 9.05. The molecule has 9 nitrogen and oxygen atoms in total. The van der Waals surface area contributed by atoms with Crippen molar-refractivity contribution >= 4 is 29.6 Å². The lowest BCUT2D eigenvalue weighted by Gasteiger charge is -2.29. The molecule has 1 aromatic carbocycles. The molecule has 1 saturated heterocycles. The molecule has 2 aromatic rings. The maximum atomic E-state index is 14.7. The number of amides is 1. The standard InChI is InChI=1S/C19H19FN6O3/c1-2-6-25-8-7-24(13-22-25)17-4-3-14(10-16(17)20)26-12-15(29-19(26)27)11-21-18-5-9-28-23-18/h1,3-5,9-10,13,15H,6-8,11-12H2,(H,21,23). The first-order valence-electron chi connectivity index (χ1n) is 9.05. The Labute approximate surface area is 166 Å². The highest BCUT2D eigenvalue weighted by Crippen LogP contribution is 2.28. The number of carbonyl (C=O) groups is 1. The van der Waals surface area contributed by atoms with Crippen LogP contribution in [0, 0.1) is 18.2 Å². The number of rotatable bonds is 6. The summed E-state index contributed by atoms with van der Waals surface area (Å²) < 4.78 is 24.8. The number of carbonyl (C=O) groups excluding carboxylic acids is 1. The monoisotopic (exact) mass is 398 g/mol. The van der Waals surface area contributed by atoms with Crippen molar-refractivity contribution < 1.29 is 18.4 Å². The van der Waals surface area contributed by atoms with Gasteiger partial charge in [0.1, 0.15) is 24.5 Å². The van der Waals surface area contributed by atoms with Gasteiger partial charge in [-0.25, -0.2) is 9.18 Å². The van der Waals surface area contributed by atoms with E-state index >= 15 is 0 Å². The van der Waals surface area contributed by atoms with Crippen molar-refractivity contribution in [1.82, 2.24) is 10.2 Å². The summed E-state index contributed by atoms with van der Waals surface area (Å²) in [6.45, 7) is 2.24. The van der Waals surface area contributed by atoms with Crippen LogP contribution in [0.1, 0.15) is 0 Å². The Morgan fingerprint density at radius 2 is 2.24 bits per heavy atom. The third-order valence-electron chi connectivity index (χ3n) is 4.60. The van der Waals surface area contributed by atoms with Gasteiger partial charge in [-0.3, -0.25) is 9.91 Å². The van der Waals surface area contributed by atoms with Gasteiger partial charge in [0.2, 0.25) is 0 Å². The first kappa shape index (κ1) is 18.6. The fourth-order valence-electron chi connectivity index (χ4n) is 3.14. The lowest BCUT2D eigenvalue weighted by molar-refractivity contribution is 0.147. The molecule has 10 heteroatoms. The Kier molecular flexibility index (Phi) is 5.20. The second-order valence-corrected chi connectivity index (χ2v) is 6.53. The maximum Gasteiger partial charge on any atom is 0.414 e. The Hall–Kier alpha value is -3.74. The van der Waals surface area contributed by atoms with E-state index in [1.54, 1.807) is 34.4 Å². The van der Waals surface area contributed by atoms with Gasteiger partial charge < -0.3 is 19.5 Å². The van der Waals surface area contributed by atoms with Gasteiger partial charge in [-0.1, -0.05) is 11.1 Å². The van der Waals surface area contributed by atoms with Crippen molar-refractivity contribution in [3.8, 4) is 12.3 Å². The van der Waals surface area contributed by atoms with E-state index in [1.165, 1.54) is 17.2 Å². The Bertz CT molecular complexity index is 942. The molecule has 1 fully saturated rings. The number of cyclic esters (lactones) is 1. The molecule has 3 heterocycles. The van der Waals surface area contributed by atoms with Crippen LogP contribution in [-0.2, 0) is 4.74 Å². The van der Waals surface area contributed by atoms with E-state index in [0.29, 0.717) is 49.9 Å². The average molecular weight is 398 g/mol. The van der Waals surface area contributed by atoms with Crippen LogP contribution in [-0.4, -0.2) is 61.4 Å². The highest BCUT2D eigenvalue weighted by Gasteiger charge is 2.33. The molecule has 1 unspecified atom stereocenters. The lowest BCUT2D eigenvalue weighted by Crippen LogP contribution is -2.38. The van der Waals surface area contributed by atoms with E-state index < -0.39 is 18.0 Å². The minimum absolute atomic E-state index is 0.300. The molecule has 0 saturated carbocycles. The predicted octanol–water partition coefficient (Wildman–Crippen LogP) is 1.95. The zero-order valence-corrected chi connectivity index (χ0v) is 15.5. The Morgan fingerprint density at radius 1 is 1.34 bits per heavy atom. The number of aromatic nitrogens is 1. The molecule has 2 aliphatic heterocycles. The third kappa shape index (κ3) is 4.08. The molecule has 1 aromatic heterocycles. The quantitative estimate of drug-likeness (QED) is 0.745. The van der Waals surface area contributed by atoms with Crippen molar-refractivity contribution in [1.29, 1.82) is 0 Å². The minimum atomic E-state index is -0.520. The lowest BCUT2D eigenvalue weighted by atomic mass is 10.2. The summed E-state index contributed by atoms with van der Waals surface area (Å²) in [5, 5.41) is 12.7. The topological polar surface area (TPSA) is 86.4 Å². The number of hydrazone groups is 1. The first-order chi connectivity index (χ1) is 14.1. The van der Waals surface area contributed by atoms with E-state index in [4.69, 9.17) is 15.7 Å². The third-order valence-corrected chi connectivity index (χ3v) is 4.60.